The molecule has 11 heteroatoms. The van der Waals surface area contributed by atoms with E-state index in [2.05, 4.69) is 9.72 Å². The van der Waals surface area contributed by atoms with Crippen LogP contribution < -0.4 is 15.8 Å². The Morgan fingerprint density at radius 1 is 1.09 bits per heavy atom. The first-order valence-corrected chi connectivity index (χ1v) is 10.7. The van der Waals surface area contributed by atoms with Gasteiger partial charge in [0.15, 0.2) is 0 Å². The van der Waals surface area contributed by atoms with Gasteiger partial charge in [0.2, 0.25) is 0 Å². The summed E-state index contributed by atoms with van der Waals surface area (Å²) in [5.74, 6) is -1.19. The Hall–Kier alpha value is -3.86. The fourth-order valence-electron chi connectivity index (χ4n) is 3.53. The van der Waals surface area contributed by atoms with Gasteiger partial charge in [0.05, 0.1) is 5.69 Å². The molecule has 2 aromatic carbocycles. The number of amides is 1. The summed E-state index contributed by atoms with van der Waals surface area (Å²) >= 11 is 0. The van der Waals surface area contributed by atoms with Crippen LogP contribution in [-0.2, 0) is 17.6 Å². The zero-order chi connectivity index (χ0) is 25.8. The third-order valence-electron chi connectivity index (χ3n) is 5.10. The molecule has 0 aliphatic rings. The highest BCUT2D eigenvalue weighted by atomic mass is 19.4. The second-order valence-electron chi connectivity index (χ2n) is 8.32. The van der Waals surface area contributed by atoms with Gasteiger partial charge in [-0.1, -0.05) is 26.0 Å². The van der Waals surface area contributed by atoms with Crippen molar-refractivity contribution in [2.24, 2.45) is 5.92 Å². The molecular formula is C24H24F3N3O5. The molecule has 0 radical (unpaired) electrons. The van der Waals surface area contributed by atoms with Crippen LogP contribution in [0.4, 0.5) is 13.2 Å². The molecule has 0 spiro atoms. The molecule has 35 heavy (non-hydrogen) atoms. The lowest BCUT2D eigenvalue weighted by Crippen LogP contribution is -2.38. The van der Waals surface area contributed by atoms with Gasteiger partial charge in [0.1, 0.15) is 23.2 Å². The number of nitrogens with one attached hydrogen (secondary N) is 1. The van der Waals surface area contributed by atoms with Crippen LogP contribution in [0.25, 0.3) is 11.3 Å². The van der Waals surface area contributed by atoms with Gasteiger partial charge in [0.25, 0.3) is 11.5 Å². The van der Waals surface area contributed by atoms with Crippen molar-refractivity contribution in [3.8, 4) is 22.8 Å². The summed E-state index contributed by atoms with van der Waals surface area (Å²) in [6.07, 6.45) is -3.22. The van der Waals surface area contributed by atoms with Gasteiger partial charge in [-0.25, -0.2) is 10.5 Å². The summed E-state index contributed by atoms with van der Waals surface area (Å²) in [7, 11) is 0. The van der Waals surface area contributed by atoms with Crippen LogP contribution in [0.2, 0.25) is 0 Å². The molecule has 3 rings (SSSR count). The molecule has 0 bridgehead atoms. The average Bonchev–Trinajstić information content (AvgIpc) is 2.79. The summed E-state index contributed by atoms with van der Waals surface area (Å²) in [6.45, 7) is 3.77. The molecule has 1 unspecified atom stereocenters. The first-order valence-electron chi connectivity index (χ1n) is 10.7. The molecule has 186 valence electrons. The van der Waals surface area contributed by atoms with Gasteiger partial charge >= 0.3 is 6.36 Å². The van der Waals surface area contributed by atoms with Crippen LogP contribution in [0.15, 0.2) is 59.5 Å². The van der Waals surface area contributed by atoms with Crippen LogP contribution in [0.1, 0.15) is 31.1 Å². The molecule has 3 aromatic rings. The molecular weight excluding hydrogens is 467 g/mol. The minimum atomic E-state index is -4.84. The van der Waals surface area contributed by atoms with Gasteiger partial charge in [-0.3, -0.25) is 19.4 Å². The fraction of sp³-hybridized carbons (Fsp3) is 0.292. The molecule has 0 aliphatic carbocycles. The quantitative estimate of drug-likeness (QED) is 0.324. The second-order valence-corrected chi connectivity index (χ2v) is 8.32. The van der Waals surface area contributed by atoms with Crippen molar-refractivity contribution >= 4 is 5.91 Å². The Bertz CT molecular complexity index is 1220. The minimum Gasteiger partial charge on any atom is -0.508 e. The van der Waals surface area contributed by atoms with E-state index in [9.17, 15) is 33.1 Å². The largest absolute Gasteiger partial charge is 0.573 e. The van der Waals surface area contributed by atoms with Crippen LogP contribution >= 0.6 is 0 Å². The van der Waals surface area contributed by atoms with Crippen molar-refractivity contribution in [3.05, 3.63) is 76.3 Å². The number of aromatic nitrogens is 2. The van der Waals surface area contributed by atoms with Crippen molar-refractivity contribution in [2.75, 3.05) is 0 Å². The van der Waals surface area contributed by atoms with Crippen LogP contribution in [-0.4, -0.2) is 32.1 Å². The highest BCUT2D eigenvalue weighted by molar-refractivity contribution is 5.79. The number of rotatable bonds is 8. The Kier molecular flexibility index (Phi) is 7.80. The van der Waals surface area contributed by atoms with Crippen molar-refractivity contribution in [1.82, 2.24) is 15.0 Å². The summed E-state index contributed by atoms with van der Waals surface area (Å²) < 4.78 is 42.5. The van der Waals surface area contributed by atoms with E-state index in [0.717, 1.165) is 16.7 Å². The number of phenolic OH excluding ortho intramolecular Hbond substituents is 1. The SMILES string of the molecule is CC(C)Cc1nc(-c2ccc(OC(F)(F)F)cc2)cn(C(Cc2ccc(O)cc2)C(=O)NO)c1=O. The summed E-state index contributed by atoms with van der Waals surface area (Å²) in [5.41, 5.74) is 2.46. The van der Waals surface area contributed by atoms with E-state index in [1.165, 1.54) is 30.5 Å². The number of nitrogens with zero attached hydrogens (tertiary/aromatic N) is 2. The first-order chi connectivity index (χ1) is 16.5. The highest BCUT2D eigenvalue weighted by Gasteiger charge is 2.31. The van der Waals surface area contributed by atoms with E-state index in [0.29, 0.717) is 11.1 Å². The van der Waals surface area contributed by atoms with E-state index in [4.69, 9.17) is 0 Å². The molecule has 0 aliphatic heterocycles. The molecule has 1 amide bonds. The smallest absolute Gasteiger partial charge is 0.508 e. The average molecular weight is 491 g/mol. The lowest BCUT2D eigenvalue weighted by Gasteiger charge is -2.20. The molecule has 1 aromatic heterocycles. The predicted octanol–water partition coefficient (Wildman–Crippen LogP) is 4.00. The van der Waals surface area contributed by atoms with E-state index in [1.54, 1.807) is 17.6 Å². The number of ether oxygens (including phenoxy) is 1. The molecule has 8 nitrogen and oxygen atoms in total. The van der Waals surface area contributed by atoms with Crippen molar-refractivity contribution in [1.29, 1.82) is 0 Å². The van der Waals surface area contributed by atoms with Crippen molar-refractivity contribution in [3.63, 3.8) is 0 Å². The van der Waals surface area contributed by atoms with E-state index in [1.807, 2.05) is 13.8 Å². The van der Waals surface area contributed by atoms with Crippen molar-refractivity contribution in [2.45, 2.75) is 39.1 Å². The number of phenols is 1. The maximum Gasteiger partial charge on any atom is 0.573 e. The first kappa shape index (κ1) is 25.8. The fourth-order valence-corrected chi connectivity index (χ4v) is 3.53. The number of aromatic hydroxyl groups is 1. The zero-order valence-corrected chi connectivity index (χ0v) is 18.9. The number of hydrogen-bond acceptors (Lipinski definition) is 6. The number of hydrogen-bond donors (Lipinski definition) is 3. The standard InChI is InChI=1S/C24H24F3N3O5/c1-14(2)11-19-23(33)30(21(22(32)29-34)12-15-3-7-17(31)8-4-15)13-20(28-19)16-5-9-18(10-6-16)35-24(25,26)27/h3-10,13-14,21,31,34H,11-12H2,1-2H3,(H,29,32). The molecule has 1 heterocycles. The lowest BCUT2D eigenvalue weighted by molar-refractivity contribution is -0.274. The van der Waals surface area contributed by atoms with Gasteiger partial charge in [0, 0.05) is 18.2 Å². The Morgan fingerprint density at radius 3 is 2.26 bits per heavy atom. The summed E-state index contributed by atoms with van der Waals surface area (Å²) in [6, 6.07) is 9.81. The Morgan fingerprint density at radius 2 is 1.71 bits per heavy atom. The maximum absolute atomic E-state index is 13.3. The topological polar surface area (TPSA) is 114 Å². The highest BCUT2D eigenvalue weighted by Crippen LogP contribution is 2.26. The summed E-state index contributed by atoms with van der Waals surface area (Å²) in [5, 5.41) is 18.8. The van der Waals surface area contributed by atoms with E-state index >= 15 is 0 Å². The Balaban J connectivity index is 2.09. The number of benzene rings is 2. The summed E-state index contributed by atoms with van der Waals surface area (Å²) in [4.78, 5) is 30.2. The number of hydroxylamine groups is 1. The monoisotopic (exact) mass is 491 g/mol. The Labute approximate surface area is 198 Å². The number of carbonyl (C=O) groups is 1. The molecule has 0 saturated heterocycles. The number of carbonyl (C=O) groups excluding carboxylic acids is 1. The molecule has 3 N–H and O–H groups in total. The van der Waals surface area contributed by atoms with Gasteiger partial charge in [-0.15, -0.1) is 13.2 Å². The third-order valence-corrected chi connectivity index (χ3v) is 5.10. The normalized spacial score (nSPS) is 12.4. The van der Waals surface area contributed by atoms with Crippen LogP contribution in [0, 0.1) is 5.92 Å². The second kappa shape index (κ2) is 10.6. The maximum atomic E-state index is 13.3. The predicted molar refractivity (Wildman–Crippen MR) is 120 cm³/mol. The van der Waals surface area contributed by atoms with Gasteiger partial charge in [-0.05, 0) is 54.3 Å². The van der Waals surface area contributed by atoms with E-state index < -0.39 is 29.6 Å². The van der Waals surface area contributed by atoms with Crippen LogP contribution in [0.5, 0.6) is 11.5 Å². The van der Waals surface area contributed by atoms with Crippen LogP contribution in [0.3, 0.4) is 0 Å². The van der Waals surface area contributed by atoms with Gasteiger partial charge in [-0.2, -0.15) is 0 Å². The molecule has 1 atom stereocenters. The number of alkyl halides is 3. The van der Waals surface area contributed by atoms with E-state index in [-0.39, 0.29) is 35.9 Å². The number of halogens is 3. The molecule has 0 fully saturated rings. The molecule has 0 saturated carbocycles. The van der Waals surface area contributed by atoms with Crippen molar-refractivity contribution < 1.29 is 33.0 Å². The minimum absolute atomic E-state index is 0.00944. The zero-order valence-electron chi connectivity index (χ0n) is 18.9. The third kappa shape index (κ3) is 6.82. The lowest BCUT2D eigenvalue weighted by atomic mass is 10.0. The van der Waals surface area contributed by atoms with Gasteiger partial charge < -0.3 is 9.84 Å².